The fourth-order valence-electron chi connectivity index (χ4n) is 3.21. The molecule has 0 bridgehead atoms. The molecule has 1 fully saturated rings. The Morgan fingerprint density at radius 1 is 1.14 bits per heavy atom. The zero-order valence-electron chi connectivity index (χ0n) is 16.5. The standard InChI is InChI=1S/C20H25ClN4O3S/c1-14(2)24-29(27,28)16-7-8-18(21)17(12-16)20(26)23-19-9-6-15(13-22-19)25-10-4-3-5-11-25/h6-9,12-14,24H,3-5,10-11H2,1-2H3,(H,22,23,26). The lowest BCUT2D eigenvalue weighted by atomic mass is 10.1. The zero-order valence-corrected chi connectivity index (χ0v) is 18.1. The van der Waals surface area contributed by atoms with Crippen LogP contribution in [0.5, 0.6) is 0 Å². The number of carbonyl (C=O) groups excluding carboxylic acids is 1. The van der Waals surface area contributed by atoms with Gasteiger partial charge in [-0.3, -0.25) is 4.79 Å². The van der Waals surface area contributed by atoms with Crippen molar-refractivity contribution in [1.29, 1.82) is 0 Å². The van der Waals surface area contributed by atoms with Gasteiger partial charge >= 0.3 is 0 Å². The van der Waals surface area contributed by atoms with Crippen LogP contribution >= 0.6 is 11.6 Å². The molecule has 29 heavy (non-hydrogen) atoms. The van der Waals surface area contributed by atoms with Crippen molar-refractivity contribution in [3.05, 3.63) is 47.1 Å². The molecule has 3 rings (SSSR count). The molecule has 1 aromatic heterocycles. The highest BCUT2D eigenvalue weighted by molar-refractivity contribution is 7.89. The number of aromatic nitrogens is 1. The second-order valence-corrected chi connectivity index (χ2v) is 9.44. The molecule has 0 saturated carbocycles. The van der Waals surface area contributed by atoms with E-state index in [1.54, 1.807) is 26.1 Å². The zero-order chi connectivity index (χ0) is 21.0. The average Bonchev–Trinajstić information content (AvgIpc) is 2.68. The van der Waals surface area contributed by atoms with Gasteiger partial charge in [-0.2, -0.15) is 0 Å². The van der Waals surface area contributed by atoms with Gasteiger partial charge in [0, 0.05) is 19.1 Å². The van der Waals surface area contributed by atoms with Gasteiger partial charge in [-0.05, 0) is 63.4 Å². The summed E-state index contributed by atoms with van der Waals surface area (Å²) in [6.45, 7) is 5.46. The predicted octanol–water partition coefficient (Wildman–Crippen LogP) is 3.66. The van der Waals surface area contributed by atoms with E-state index in [0.29, 0.717) is 5.82 Å². The van der Waals surface area contributed by atoms with Crippen LogP contribution in [0.2, 0.25) is 5.02 Å². The minimum absolute atomic E-state index is 0.0193. The van der Waals surface area contributed by atoms with Gasteiger partial charge in [-0.1, -0.05) is 11.6 Å². The monoisotopic (exact) mass is 436 g/mol. The molecule has 1 aromatic carbocycles. The van der Waals surface area contributed by atoms with E-state index < -0.39 is 15.9 Å². The molecule has 7 nitrogen and oxygen atoms in total. The van der Waals surface area contributed by atoms with Crippen molar-refractivity contribution in [3.8, 4) is 0 Å². The third-order valence-electron chi connectivity index (χ3n) is 4.59. The summed E-state index contributed by atoms with van der Waals surface area (Å²) in [4.78, 5) is 19.2. The Labute approximate surface area is 176 Å². The molecule has 1 aliphatic rings. The van der Waals surface area contributed by atoms with E-state index >= 15 is 0 Å². The maximum absolute atomic E-state index is 12.7. The first-order valence-electron chi connectivity index (χ1n) is 9.60. The molecular formula is C20H25ClN4O3S. The van der Waals surface area contributed by atoms with Crippen LogP contribution in [-0.4, -0.2) is 38.4 Å². The molecule has 0 spiro atoms. The summed E-state index contributed by atoms with van der Waals surface area (Å²) < 4.78 is 27.2. The van der Waals surface area contributed by atoms with Gasteiger partial charge < -0.3 is 10.2 Å². The van der Waals surface area contributed by atoms with Gasteiger partial charge in [0.25, 0.3) is 5.91 Å². The Morgan fingerprint density at radius 2 is 1.86 bits per heavy atom. The molecular weight excluding hydrogens is 412 g/mol. The van der Waals surface area contributed by atoms with Gasteiger partial charge in [0.15, 0.2) is 0 Å². The smallest absolute Gasteiger partial charge is 0.258 e. The van der Waals surface area contributed by atoms with Crippen LogP contribution in [-0.2, 0) is 10.0 Å². The van der Waals surface area contributed by atoms with Crippen molar-refractivity contribution in [1.82, 2.24) is 9.71 Å². The first kappa shape index (κ1) is 21.5. The number of pyridine rings is 1. The molecule has 1 amide bonds. The number of nitrogens with one attached hydrogen (secondary N) is 2. The van der Waals surface area contributed by atoms with Crippen LogP contribution in [0.3, 0.4) is 0 Å². The quantitative estimate of drug-likeness (QED) is 0.720. The summed E-state index contributed by atoms with van der Waals surface area (Å²) in [5.74, 6) is -0.143. The van der Waals surface area contributed by atoms with Crippen LogP contribution in [0.15, 0.2) is 41.4 Å². The summed E-state index contributed by atoms with van der Waals surface area (Å²) in [5.41, 5.74) is 1.09. The van der Waals surface area contributed by atoms with Crippen molar-refractivity contribution in [2.45, 2.75) is 44.0 Å². The second kappa shape index (κ2) is 9.11. The number of nitrogens with zero attached hydrogens (tertiary/aromatic N) is 2. The average molecular weight is 437 g/mol. The third-order valence-corrected chi connectivity index (χ3v) is 6.58. The number of carbonyl (C=O) groups is 1. The Kier molecular flexibility index (Phi) is 6.77. The number of rotatable bonds is 6. The van der Waals surface area contributed by atoms with Crippen molar-refractivity contribution >= 4 is 39.0 Å². The summed E-state index contributed by atoms with van der Waals surface area (Å²) in [6, 6.07) is 7.42. The number of sulfonamides is 1. The van der Waals surface area contributed by atoms with E-state index in [4.69, 9.17) is 11.6 Å². The predicted molar refractivity (Wildman–Crippen MR) is 115 cm³/mol. The van der Waals surface area contributed by atoms with Crippen LogP contribution in [0, 0.1) is 0 Å². The number of hydrogen-bond acceptors (Lipinski definition) is 5. The summed E-state index contributed by atoms with van der Waals surface area (Å²) in [6.07, 6.45) is 5.32. The highest BCUT2D eigenvalue weighted by Crippen LogP contribution is 2.23. The SMILES string of the molecule is CC(C)NS(=O)(=O)c1ccc(Cl)c(C(=O)Nc2ccc(N3CCCCC3)cn2)c1. The summed E-state index contributed by atoms with van der Waals surface area (Å²) in [5, 5.41) is 2.84. The summed E-state index contributed by atoms with van der Waals surface area (Å²) >= 11 is 6.14. The molecule has 1 aliphatic heterocycles. The molecule has 9 heteroatoms. The fourth-order valence-corrected chi connectivity index (χ4v) is 4.69. The van der Waals surface area contributed by atoms with Crippen LogP contribution in [0.25, 0.3) is 0 Å². The summed E-state index contributed by atoms with van der Waals surface area (Å²) in [7, 11) is -3.73. The Bertz CT molecular complexity index is 972. The van der Waals surface area contributed by atoms with E-state index in [1.165, 1.54) is 37.5 Å². The minimum Gasteiger partial charge on any atom is -0.370 e. The van der Waals surface area contributed by atoms with Crippen molar-refractivity contribution in [2.24, 2.45) is 0 Å². The van der Waals surface area contributed by atoms with Gasteiger partial charge in [-0.25, -0.2) is 18.1 Å². The molecule has 0 unspecified atom stereocenters. The topological polar surface area (TPSA) is 91.4 Å². The Morgan fingerprint density at radius 3 is 2.48 bits per heavy atom. The molecule has 2 N–H and O–H groups in total. The number of anilines is 2. The van der Waals surface area contributed by atoms with E-state index in [0.717, 1.165) is 18.8 Å². The van der Waals surface area contributed by atoms with E-state index in [2.05, 4.69) is 19.9 Å². The molecule has 0 aliphatic carbocycles. The number of piperidine rings is 1. The largest absolute Gasteiger partial charge is 0.370 e. The van der Waals surface area contributed by atoms with Crippen molar-refractivity contribution in [3.63, 3.8) is 0 Å². The molecule has 0 radical (unpaired) electrons. The first-order chi connectivity index (χ1) is 13.8. The van der Waals surface area contributed by atoms with Crippen LogP contribution in [0.4, 0.5) is 11.5 Å². The first-order valence-corrected chi connectivity index (χ1v) is 11.5. The highest BCUT2D eigenvalue weighted by Gasteiger charge is 2.20. The highest BCUT2D eigenvalue weighted by atomic mass is 35.5. The molecule has 2 heterocycles. The maximum atomic E-state index is 12.7. The Hall–Kier alpha value is -2.16. The third kappa shape index (κ3) is 5.46. The Balaban J connectivity index is 1.75. The van der Waals surface area contributed by atoms with Crippen LogP contribution in [0.1, 0.15) is 43.5 Å². The number of hydrogen-bond donors (Lipinski definition) is 2. The van der Waals surface area contributed by atoms with Gasteiger partial charge in [0.2, 0.25) is 10.0 Å². The maximum Gasteiger partial charge on any atom is 0.258 e. The van der Waals surface area contributed by atoms with Gasteiger partial charge in [0.05, 0.1) is 27.4 Å². The van der Waals surface area contributed by atoms with E-state index in [9.17, 15) is 13.2 Å². The lowest BCUT2D eigenvalue weighted by Gasteiger charge is -2.28. The number of amides is 1. The number of benzene rings is 1. The van der Waals surface area contributed by atoms with E-state index in [1.807, 2.05) is 6.07 Å². The van der Waals surface area contributed by atoms with Crippen molar-refractivity contribution < 1.29 is 13.2 Å². The normalized spacial score (nSPS) is 14.8. The fraction of sp³-hybridized carbons (Fsp3) is 0.400. The van der Waals surface area contributed by atoms with Crippen molar-refractivity contribution in [2.75, 3.05) is 23.3 Å². The molecule has 156 valence electrons. The minimum atomic E-state index is -3.73. The molecule has 2 aromatic rings. The molecule has 1 saturated heterocycles. The van der Waals surface area contributed by atoms with E-state index in [-0.39, 0.29) is 21.5 Å². The second-order valence-electron chi connectivity index (χ2n) is 7.32. The van der Waals surface area contributed by atoms with Crippen LogP contribution < -0.4 is 14.9 Å². The lowest BCUT2D eigenvalue weighted by molar-refractivity contribution is 0.102. The van der Waals surface area contributed by atoms with Gasteiger partial charge in [-0.15, -0.1) is 0 Å². The number of halogens is 1. The molecule has 0 atom stereocenters. The lowest BCUT2D eigenvalue weighted by Crippen LogP contribution is -2.30. The van der Waals surface area contributed by atoms with Gasteiger partial charge in [0.1, 0.15) is 5.82 Å².